The van der Waals surface area contributed by atoms with Crippen LogP contribution in [-0.2, 0) is 4.79 Å². The van der Waals surface area contributed by atoms with Gasteiger partial charge in [0.2, 0.25) is 5.88 Å². The third-order valence-corrected chi connectivity index (χ3v) is 4.54. The first-order chi connectivity index (χ1) is 13.7. The summed E-state index contributed by atoms with van der Waals surface area (Å²) in [5.41, 5.74) is 0.326. The highest BCUT2D eigenvalue weighted by atomic mass is 16.5. The molecule has 3 aromatic rings. The van der Waals surface area contributed by atoms with Gasteiger partial charge in [-0.25, -0.2) is 9.97 Å². The van der Waals surface area contributed by atoms with Crippen LogP contribution < -0.4 is 4.74 Å². The van der Waals surface area contributed by atoms with Crippen molar-refractivity contribution in [2.75, 3.05) is 13.2 Å². The van der Waals surface area contributed by atoms with Crippen LogP contribution >= 0.6 is 0 Å². The Labute approximate surface area is 161 Å². The number of hydrogen-bond acceptors (Lipinski definition) is 8. The molecule has 0 spiro atoms. The standard InChI is InChI=1S/C19H19N5O4/c25-16-10-14(20-12-21-16)19-22-18(23-28-19)15-8-4-5-9-24(15)17(26)11-27-13-6-2-1-3-7-13/h1-3,6-7,10,12,15H,4-5,8-9,11H2,(H,20,21,25). The predicted molar refractivity (Wildman–Crippen MR) is 97.2 cm³/mol. The van der Waals surface area contributed by atoms with E-state index in [1.54, 1.807) is 4.90 Å². The summed E-state index contributed by atoms with van der Waals surface area (Å²) in [4.78, 5) is 26.5. The molecule has 0 radical (unpaired) electrons. The maximum absolute atomic E-state index is 12.7. The second-order valence-electron chi connectivity index (χ2n) is 6.42. The van der Waals surface area contributed by atoms with E-state index in [0.717, 1.165) is 19.3 Å². The van der Waals surface area contributed by atoms with Crippen LogP contribution in [-0.4, -0.2) is 49.2 Å². The summed E-state index contributed by atoms with van der Waals surface area (Å²) in [6, 6.07) is 10.3. The number of aromatic hydroxyl groups is 1. The van der Waals surface area contributed by atoms with Crippen LogP contribution in [0.2, 0.25) is 0 Å². The number of ether oxygens (including phenoxy) is 1. The zero-order valence-corrected chi connectivity index (χ0v) is 15.1. The number of piperidine rings is 1. The average Bonchev–Trinajstić information content (AvgIpc) is 3.23. The zero-order chi connectivity index (χ0) is 19.3. The molecule has 28 heavy (non-hydrogen) atoms. The third-order valence-electron chi connectivity index (χ3n) is 4.54. The number of likely N-dealkylation sites (tertiary alicyclic amines) is 1. The molecule has 2 aromatic heterocycles. The van der Waals surface area contributed by atoms with E-state index in [-0.39, 0.29) is 30.3 Å². The number of amides is 1. The molecule has 1 aromatic carbocycles. The Balaban J connectivity index is 1.48. The van der Waals surface area contributed by atoms with Crippen molar-refractivity contribution in [1.82, 2.24) is 25.0 Å². The first kappa shape index (κ1) is 17.9. The maximum Gasteiger partial charge on any atom is 0.276 e. The number of rotatable bonds is 5. The number of aromatic nitrogens is 4. The van der Waals surface area contributed by atoms with Crippen molar-refractivity contribution in [3.05, 3.63) is 48.5 Å². The Morgan fingerprint density at radius 3 is 2.93 bits per heavy atom. The van der Waals surface area contributed by atoms with Gasteiger partial charge in [0.25, 0.3) is 11.8 Å². The molecule has 1 aliphatic heterocycles. The molecular weight excluding hydrogens is 362 g/mol. The summed E-state index contributed by atoms with van der Waals surface area (Å²) in [5.74, 6) is 0.929. The first-order valence-corrected chi connectivity index (χ1v) is 9.03. The number of carbonyl (C=O) groups is 1. The summed E-state index contributed by atoms with van der Waals surface area (Å²) in [5, 5.41) is 13.5. The van der Waals surface area contributed by atoms with Gasteiger partial charge in [0, 0.05) is 12.6 Å². The average molecular weight is 381 g/mol. The summed E-state index contributed by atoms with van der Waals surface area (Å²) in [7, 11) is 0. The van der Waals surface area contributed by atoms with Crippen molar-refractivity contribution in [3.8, 4) is 23.2 Å². The normalized spacial score (nSPS) is 16.7. The van der Waals surface area contributed by atoms with Crippen molar-refractivity contribution in [3.63, 3.8) is 0 Å². The first-order valence-electron chi connectivity index (χ1n) is 9.03. The van der Waals surface area contributed by atoms with Gasteiger partial charge in [-0.1, -0.05) is 23.4 Å². The second kappa shape index (κ2) is 8.03. The number of hydrogen-bond donors (Lipinski definition) is 1. The van der Waals surface area contributed by atoms with Gasteiger partial charge in [-0.15, -0.1) is 0 Å². The Morgan fingerprint density at radius 2 is 2.11 bits per heavy atom. The minimum atomic E-state index is -0.284. The molecule has 1 amide bonds. The van der Waals surface area contributed by atoms with E-state index < -0.39 is 0 Å². The van der Waals surface area contributed by atoms with Crippen LogP contribution in [0.1, 0.15) is 31.1 Å². The molecule has 1 N–H and O–H groups in total. The van der Waals surface area contributed by atoms with Crippen LogP contribution in [0.4, 0.5) is 0 Å². The molecule has 0 bridgehead atoms. The predicted octanol–water partition coefficient (Wildman–Crippen LogP) is 2.36. The van der Waals surface area contributed by atoms with Crippen molar-refractivity contribution >= 4 is 5.91 Å². The van der Waals surface area contributed by atoms with E-state index in [4.69, 9.17) is 9.26 Å². The van der Waals surface area contributed by atoms with Gasteiger partial charge in [-0.2, -0.15) is 4.98 Å². The van der Waals surface area contributed by atoms with Crippen molar-refractivity contribution in [2.45, 2.75) is 25.3 Å². The van der Waals surface area contributed by atoms with Crippen molar-refractivity contribution in [2.24, 2.45) is 0 Å². The second-order valence-corrected chi connectivity index (χ2v) is 6.42. The molecule has 144 valence electrons. The fourth-order valence-electron chi connectivity index (χ4n) is 3.18. The van der Waals surface area contributed by atoms with Gasteiger partial charge in [-0.05, 0) is 31.4 Å². The smallest absolute Gasteiger partial charge is 0.276 e. The third kappa shape index (κ3) is 3.93. The van der Waals surface area contributed by atoms with Crippen LogP contribution in [0.3, 0.4) is 0 Å². The summed E-state index contributed by atoms with van der Waals surface area (Å²) < 4.78 is 10.9. The molecule has 3 heterocycles. The lowest BCUT2D eigenvalue weighted by Gasteiger charge is -2.33. The Hall–Kier alpha value is -3.49. The SMILES string of the molecule is O=C(COc1ccccc1)N1CCCCC1c1noc(-c2cc(O)ncn2)n1. The largest absolute Gasteiger partial charge is 0.493 e. The number of para-hydroxylation sites is 1. The molecular formula is C19H19N5O4. The highest BCUT2D eigenvalue weighted by Gasteiger charge is 2.32. The highest BCUT2D eigenvalue weighted by molar-refractivity contribution is 5.78. The molecule has 9 heteroatoms. The quantitative estimate of drug-likeness (QED) is 0.716. The van der Waals surface area contributed by atoms with Gasteiger partial charge in [0.1, 0.15) is 17.8 Å². The Bertz CT molecular complexity index is 946. The minimum absolute atomic E-state index is 0.0506. The van der Waals surface area contributed by atoms with Crippen molar-refractivity contribution in [1.29, 1.82) is 0 Å². The molecule has 1 aliphatic rings. The van der Waals surface area contributed by atoms with Gasteiger partial charge < -0.3 is 19.3 Å². The number of nitrogens with zero attached hydrogens (tertiary/aromatic N) is 5. The molecule has 4 rings (SSSR count). The van der Waals surface area contributed by atoms with E-state index in [0.29, 0.717) is 23.8 Å². The lowest BCUT2D eigenvalue weighted by molar-refractivity contribution is -0.137. The molecule has 1 unspecified atom stereocenters. The summed E-state index contributed by atoms with van der Waals surface area (Å²) in [6.45, 7) is 0.560. The van der Waals surface area contributed by atoms with E-state index in [1.165, 1.54) is 12.4 Å². The molecule has 1 atom stereocenters. The van der Waals surface area contributed by atoms with Crippen LogP contribution in [0, 0.1) is 0 Å². The maximum atomic E-state index is 12.7. The molecule has 1 saturated heterocycles. The van der Waals surface area contributed by atoms with Gasteiger partial charge in [0.15, 0.2) is 12.4 Å². The topological polar surface area (TPSA) is 114 Å². The van der Waals surface area contributed by atoms with Crippen LogP contribution in [0.5, 0.6) is 11.6 Å². The van der Waals surface area contributed by atoms with Gasteiger partial charge >= 0.3 is 0 Å². The zero-order valence-electron chi connectivity index (χ0n) is 15.1. The molecule has 9 nitrogen and oxygen atoms in total. The molecule has 0 saturated carbocycles. The monoisotopic (exact) mass is 381 g/mol. The lowest BCUT2D eigenvalue weighted by atomic mass is 10.0. The highest BCUT2D eigenvalue weighted by Crippen LogP contribution is 2.30. The number of carbonyl (C=O) groups excluding carboxylic acids is 1. The minimum Gasteiger partial charge on any atom is -0.493 e. The van der Waals surface area contributed by atoms with E-state index in [9.17, 15) is 9.90 Å². The Morgan fingerprint density at radius 1 is 1.25 bits per heavy atom. The molecule has 0 aliphatic carbocycles. The van der Waals surface area contributed by atoms with E-state index in [2.05, 4.69) is 20.1 Å². The number of benzene rings is 1. The van der Waals surface area contributed by atoms with Crippen molar-refractivity contribution < 1.29 is 19.2 Å². The Kier molecular flexibility index (Phi) is 5.14. The fourth-order valence-corrected chi connectivity index (χ4v) is 3.18. The van der Waals surface area contributed by atoms with Crippen LogP contribution in [0.15, 0.2) is 47.2 Å². The van der Waals surface area contributed by atoms with E-state index in [1.807, 2.05) is 30.3 Å². The van der Waals surface area contributed by atoms with Gasteiger partial charge in [0.05, 0.1) is 6.04 Å². The summed E-state index contributed by atoms with van der Waals surface area (Å²) in [6.07, 6.45) is 3.83. The van der Waals surface area contributed by atoms with E-state index >= 15 is 0 Å². The summed E-state index contributed by atoms with van der Waals surface area (Å²) >= 11 is 0. The fraction of sp³-hybridized carbons (Fsp3) is 0.316. The molecule has 1 fully saturated rings. The van der Waals surface area contributed by atoms with Gasteiger partial charge in [-0.3, -0.25) is 4.79 Å². The van der Waals surface area contributed by atoms with Crippen LogP contribution in [0.25, 0.3) is 11.6 Å². The lowest BCUT2D eigenvalue weighted by Crippen LogP contribution is -2.41.